The minimum Gasteiger partial charge on any atom is -0.359 e. The second-order valence-corrected chi connectivity index (χ2v) is 4.90. The zero-order chi connectivity index (χ0) is 11.3. The molecule has 0 radical (unpaired) electrons. The Bertz CT molecular complexity index is 248. The molecule has 1 aliphatic rings. The van der Waals surface area contributed by atoms with Crippen molar-refractivity contribution in [3.05, 3.63) is 0 Å². The van der Waals surface area contributed by atoms with E-state index in [2.05, 4.69) is 36.6 Å². The van der Waals surface area contributed by atoms with Crippen molar-refractivity contribution in [2.75, 3.05) is 0 Å². The van der Waals surface area contributed by atoms with E-state index in [1.165, 1.54) is 25.0 Å². The summed E-state index contributed by atoms with van der Waals surface area (Å²) in [5.74, 6) is 0.605. The van der Waals surface area contributed by atoms with Crippen LogP contribution in [0.1, 0.15) is 46.5 Å². The average molecular weight is 227 g/mol. The SMILES string of the molecule is CC(C)NC(=S)N/N=C1/CCCC[C@@H]1C. The van der Waals surface area contributed by atoms with Crippen molar-refractivity contribution in [2.24, 2.45) is 11.0 Å². The highest BCUT2D eigenvalue weighted by atomic mass is 32.1. The maximum atomic E-state index is 5.11. The van der Waals surface area contributed by atoms with Crippen LogP contribution in [0.2, 0.25) is 0 Å². The van der Waals surface area contributed by atoms with Crippen LogP contribution in [0.25, 0.3) is 0 Å². The number of thiocarbonyl (C=S) groups is 1. The molecule has 0 aromatic rings. The van der Waals surface area contributed by atoms with Crippen LogP contribution in [0.5, 0.6) is 0 Å². The van der Waals surface area contributed by atoms with Gasteiger partial charge in [-0.05, 0) is 51.2 Å². The van der Waals surface area contributed by atoms with E-state index in [9.17, 15) is 0 Å². The van der Waals surface area contributed by atoms with Crippen LogP contribution >= 0.6 is 12.2 Å². The third kappa shape index (κ3) is 4.60. The maximum absolute atomic E-state index is 5.11. The smallest absolute Gasteiger partial charge is 0.187 e. The molecule has 0 bridgehead atoms. The Labute approximate surface area is 97.7 Å². The summed E-state index contributed by atoms with van der Waals surface area (Å²) in [6.07, 6.45) is 4.95. The van der Waals surface area contributed by atoms with E-state index < -0.39 is 0 Å². The molecule has 0 heterocycles. The predicted molar refractivity (Wildman–Crippen MR) is 69.1 cm³/mol. The standard InChI is InChI=1S/C11H21N3S/c1-8(2)12-11(15)14-13-10-7-5-4-6-9(10)3/h8-9H,4-7H2,1-3H3,(H2,12,14,15)/b13-10-/t9-/m0/s1. The van der Waals surface area contributed by atoms with Crippen molar-refractivity contribution < 1.29 is 0 Å². The maximum Gasteiger partial charge on any atom is 0.187 e. The Kier molecular flexibility index (Phi) is 5.02. The molecule has 1 rings (SSSR count). The highest BCUT2D eigenvalue weighted by molar-refractivity contribution is 7.80. The highest BCUT2D eigenvalue weighted by Crippen LogP contribution is 2.20. The van der Waals surface area contributed by atoms with Gasteiger partial charge in [0.2, 0.25) is 0 Å². The lowest BCUT2D eigenvalue weighted by atomic mass is 9.89. The van der Waals surface area contributed by atoms with Crippen LogP contribution in [0.3, 0.4) is 0 Å². The number of hydrogen-bond acceptors (Lipinski definition) is 2. The summed E-state index contributed by atoms with van der Waals surface area (Å²) in [6.45, 7) is 6.35. The number of nitrogens with one attached hydrogen (secondary N) is 2. The average Bonchev–Trinajstić information content (AvgIpc) is 2.15. The monoisotopic (exact) mass is 227 g/mol. The summed E-state index contributed by atoms with van der Waals surface area (Å²) in [6, 6.07) is 0.356. The van der Waals surface area contributed by atoms with E-state index in [0.717, 1.165) is 6.42 Å². The summed E-state index contributed by atoms with van der Waals surface area (Å²) in [7, 11) is 0. The van der Waals surface area contributed by atoms with Gasteiger partial charge in [-0.1, -0.05) is 13.3 Å². The Morgan fingerprint density at radius 3 is 2.80 bits per heavy atom. The van der Waals surface area contributed by atoms with Crippen molar-refractivity contribution in [3.8, 4) is 0 Å². The molecule has 0 unspecified atom stereocenters. The van der Waals surface area contributed by atoms with Crippen molar-refractivity contribution in [1.29, 1.82) is 0 Å². The fourth-order valence-electron chi connectivity index (χ4n) is 1.75. The van der Waals surface area contributed by atoms with Crippen LogP contribution < -0.4 is 10.7 Å². The highest BCUT2D eigenvalue weighted by Gasteiger charge is 2.15. The molecule has 3 nitrogen and oxygen atoms in total. The molecule has 1 fully saturated rings. The molecular formula is C11H21N3S. The van der Waals surface area contributed by atoms with Crippen molar-refractivity contribution >= 4 is 23.0 Å². The first-order valence-electron chi connectivity index (χ1n) is 5.72. The Morgan fingerprint density at radius 2 is 2.20 bits per heavy atom. The van der Waals surface area contributed by atoms with Crippen LogP contribution in [-0.2, 0) is 0 Å². The van der Waals surface area contributed by atoms with Gasteiger partial charge in [-0.2, -0.15) is 5.10 Å². The fraction of sp³-hybridized carbons (Fsp3) is 0.818. The summed E-state index contributed by atoms with van der Waals surface area (Å²) in [4.78, 5) is 0. The molecule has 86 valence electrons. The summed E-state index contributed by atoms with van der Waals surface area (Å²) < 4.78 is 0. The number of rotatable bonds is 2. The lowest BCUT2D eigenvalue weighted by molar-refractivity contribution is 0.555. The molecule has 0 saturated heterocycles. The quantitative estimate of drug-likeness (QED) is 0.562. The molecule has 0 aromatic heterocycles. The number of hydrazone groups is 1. The normalized spacial score (nSPS) is 24.3. The molecule has 1 aliphatic carbocycles. The van der Waals surface area contributed by atoms with Gasteiger partial charge in [-0.3, -0.25) is 5.43 Å². The molecule has 0 amide bonds. The zero-order valence-corrected chi connectivity index (χ0v) is 10.7. The van der Waals surface area contributed by atoms with Gasteiger partial charge in [-0.15, -0.1) is 0 Å². The van der Waals surface area contributed by atoms with E-state index in [0.29, 0.717) is 17.1 Å². The Hall–Kier alpha value is -0.640. The lowest BCUT2D eigenvalue weighted by Crippen LogP contribution is -2.37. The molecule has 0 spiro atoms. The van der Waals surface area contributed by atoms with E-state index in [1.54, 1.807) is 0 Å². The van der Waals surface area contributed by atoms with Gasteiger partial charge >= 0.3 is 0 Å². The third-order valence-corrected chi connectivity index (χ3v) is 2.82. The van der Waals surface area contributed by atoms with Gasteiger partial charge < -0.3 is 5.32 Å². The van der Waals surface area contributed by atoms with Gasteiger partial charge in [0.05, 0.1) is 0 Å². The topological polar surface area (TPSA) is 36.4 Å². The third-order valence-electron chi connectivity index (χ3n) is 2.61. The molecule has 2 N–H and O–H groups in total. The van der Waals surface area contributed by atoms with Gasteiger partial charge in [-0.25, -0.2) is 0 Å². The largest absolute Gasteiger partial charge is 0.359 e. The van der Waals surface area contributed by atoms with E-state index in [-0.39, 0.29) is 0 Å². The van der Waals surface area contributed by atoms with E-state index in [1.807, 2.05) is 0 Å². The molecular weight excluding hydrogens is 206 g/mol. The van der Waals surface area contributed by atoms with Gasteiger partial charge in [0, 0.05) is 11.8 Å². The first-order chi connectivity index (χ1) is 7.09. The minimum atomic E-state index is 0.356. The Morgan fingerprint density at radius 1 is 1.47 bits per heavy atom. The lowest BCUT2D eigenvalue weighted by Gasteiger charge is -2.20. The van der Waals surface area contributed by atoms with E-state index >= 15 is 0 Å². The van der Waals surface area contributed by atoms with Crippen LogP contribution in [0.4, 0.5) is 0 Å². The first kappa shape index (κ1) is 12.4. The van der Waals surface area contributed by atoms with Crippen molar-refractivity contribution in [2.45, 2.75) is 52.5 Å². The van der Waals surface area contributed by atoms with Gasteiger partial charge in [0.25, 0.3) is 0 Å². The minimum absolute atomic E-state index is 0.356. The van der Waals surface area contributed by atoms with Crippen molar-refractivity contribution in [3.63, 3.8) is 0 Å². The zero-order valence-electron chi connectivity index (χ0n) is 9.84. The molecule has 15 heavy (non-hydrogen) atoms. The fourth-order valence-corrected chi connectivity index (χ4v) is 2.03. The van der Waals surface area contributed by atoms with Crippen LogP contribution in [0.15, 0.2) is 5.10 Å². The second kappa shape index (κ2) is 6.05. The number of nitrogens with zero attached hydrogens (tertiary/aromatic N) is 1. The summed E-state index contributed by atoms with van der Waals surface area (Å²) >= 11 is 5.11. The predicted octanol–water partition coefficient (Wildman–Crippen LogP) is 2.43. The van der Waals surface area contributed by atoms with E-state index in [4.69, 9.17) is 12.2 Å². The molecule has 0 aliphatic heterocycles. The van der Waals surface area contributed by atoms with Gasteiger partial charge in [0.15, 0.2) is 5.11 Å². The van der Waals surface area contributed by atoms with Gasteiger partial charge in [0.1, 0.15) is 0 Å². The van der Waals surface area contributed by atoms with Crippen LogP contribution in [0, 0.1) is 5.92 Å². The Balaban J connectivity index is 2.38. The summed E-state index contributed by atoms with van der Waals surface area (Å²) in [5, 5.41) is 8.11. The molecule has 1 saturated carbocycles. The second-order valence-electron chi connectivity index (χ2n) is 4.49. The molecule has 0 aromatic carbocycles. The number of hydrogen-bond donors (Lipinski definition) is 2. The molecule has 1 atom stereocenters. The van der Waals surface area contributed by atoms with Crippen molar-refractivity contribution in [1.82, 2.24) is 10.7 Å². The summed E-state index contributed by atoms with van der Waals surface area (Å²) in [5.41, 5.74) is 4.18. The molecule has 4 heteroatoms. The first-order valence-corrected chi connectivity index (χ1v) is 6.13. The van der Waals surface area contributed by atoms with Crippen LogP contribution in [-0.4, -0.2) is 16.9 Å².